The number of ether oxygens (including phenoxy) is 1. The van der Waals surface area contributed by atoms with Gasteiger partial charge in [-0.05, 0) is 63.1 Å². The van der Waals surface area contributed by atoms with E-state index in [9.17, 15) is 19.8 Å². The highest BCUT2D eigenvalue weighted by Gasteiger charge is 2.17. The molecule has 168 valence electrons. The highest BCUT2D eigenvalue weighted by molar-refractivity contribution is 6.07. The van der Waals surface area contributed by atoms with Gasteiger partial charge < -0.3 is 14.9 Å². The molecule has 0 radical (unpaired) electrons. The van der Waals surface area contributed by atoms with E-state index in [1.807, 2.05) is 45.9 Å². The van der Waals surface area contributed by atoms with Gasteiger partial charge >= 0.3 is 0 Å². The highest BCUT2D eigenvalue weighted by atomic mass is 16.5. The second kappa shape index (κ2) is 11.1. The van der Waals surface area contributed by atoms with Gasteiger partial charge in [0.15, 0.2) is 12.1 Å². The van der Waals surface area contributed by atoms with Crippen LogP contribution in [0.1, 0.15) is 65.5 Å². The summed E-state index contributed by atoms with van der Waals surface area (Å²) in [6.07, 6.45) is 7.86. The fourth-order valence-corrected chi connectivity index (χ4v) is 3.26. The molecule has 32 heavy (non-hydrogen) atoms. The van der Waals surface area contributed by atoms with Crippen LogP contribution < -0.4 is 4.74 Å². The zero-order valence-electron chi connectivity index (χ0n) is 19.2. The maximum absolute atomic E-state index is 12.5. The number of carbonyl (C=O) groups is 2. The lowest BCUT2D eigenvalue weighted by Crippen LogP contribution is -2.01. The second-order valence-electron chi connectivity index (χ2n) is 7.92. The highest BCUT2D eigenvalue weighted by Crippen LogP contribution is 2.34. The van der Waals surface area contributed by atoms with Crippen LogP contribution in [0, 0.1) is 0 Å². The first-order valence-electron chi connectivity index (χ1n) is 10.4. The number of ketones is 1. The summed E-state index contributed by atoms with van der Waals surface area (Å²) < 4.78 is 5.40. The van der Waals surface area contributed by atoms with E-state index in [1.165, 1.54) is 13.2 Å². The number of allylic oxidation sites excluding steroid dienone is 6. The minimum absolute atomic E-state index is 0.0217. The quantitative estimate of drug-likeness (QED) is 0.168. The first-order valence-corrected chi connectivity index (χ1v) is 10.4. The van der Waals surface area contributed by atoms with E-state index in [-0.39, 0.29) is 34.3 Å². The van der Waals surface area contributed by atoms with E-state index in [1.54, 1.807) is 30.3 Å². The summed E-state index contributed by atoms with van der Waals surface area (Å²) in [6.45, 7) is 7.82. The fraction of sp³-hybridized carbons (Fsp3) is 0.259. The van der Waals surface area contributed by atoms with Crippen molar-refractivity contribution in [2.45, 2.75) is 40.0 Å². The van der Waals surface area contributed by atoms with Crippen molar-refractivity contribution in [1.82, 2.24) is 0 Å². The smallest absolute Gasteiger partial charge is 0.189 e. The summed E-state index contributed by atoms with van der Waals surface area (Å²) in [6, 6.07) is 8.22. The number of benzene rings is 2. The van der Waals surface area contributed by atoms with Gasteiger partial charge in [0.05, 0.1) is 18.2 Å². The zero-order chi connectivity index (χ0) is 23.8. The Balaban J connectivity index is 2.32. The molecule has 5 heteroatoms. The number of carbonyl (C=O) groups excluding carboxylic acids is 2. The van der Waals surface area contributed by atoms with Crippen molar-refractivity contribution in [2.24, 2.45) is 0 Å². The maximum Gasteiger partial charge on any atom is 0.189 e. The van der Waals surface area contributed by atoms with Gasteiger partial charge in [0.1, 0.15) is 17.2 Å². The molecule has 0 aliphatic rings. The van der Waals surface area contributed by atoms with Crippen LogP contribution in [0.15, 0.2) is 65.8 Å². The number of aldehydes is 1. The predicted octanol–water partition coefficient (Wildman–Crippen LogP) is 5.92. The molecule has 0 amide bonds. The van der Waals surface area contributed by atoms with Crippen LogP contribution in [0.2, 0.25) is 0 Å². The molecule has 0 fully saturated rings. The molecule has 2 aromatic rings. The van der Waals surface area contributed by atoms with E-state index in [0.29, 0.717) is 24.0 Å². The van der Waals surface area contributed by atoms with E-state index in [0.717, 1.165) is 16.7 Å². The molecule has 1 atom stereocenters. The Morgan fingerprint density at radius 1 is 1.12 bits per heavy atom. The predicted molar refractivity (Wildman–Crippen MR) is 127 cm³/mol. The Morgan fingerprint density at radius 3 is 2.44 bits per heavy atom. The summed E-state index contributed by atoms with van der Waals surface area (Å²) >= 11 is 0. The number of phenols is 2. The molecule has 0 bridgehead atoms. The summed E-state index contributed by atoms with van der Waals surface area (Å²) in [4.78, 5) is 23.5. The van der Waals surface area contributed by atoms with Gasteiger partial charge in [-0.15, -0.1) is 0 Å². The molecular formula is C27H30O5. The van der Waals surface area contributed by atoms with Gasteiger partial charge in [-0.2, -0.15) is 0 Å². The van der Waals surface area contributed by atoms with Crippen LogP contribution in [0.5, 0.6) is 17.2 Å². The van der Waals surface area contributed by atoms with Gasteiger partial charge in [0.2, 0.25) is 0 Å². The van der Waals surface area contributed by atoms with Crippen LogP contribution in [0.3, 0.4) is 0 Å². The Morgan fingerprint density at radius 2 is 1.84 bits per heavy atom. The summed E-state index contributed by atoms with van der Waals surface area (Å²) in [7, 11) is 1.52. The molecule has 0 aliphatic carbocycles. The normalized spacial score (nSPS) is 12.5. The fourth-order valence-electron chi connectivity index (χ4n) is 3.26. The molecule has 2 rings (SSSR count). The first-order chi connectivity index (χ1) is 15.2. The Kier molecular flexibility index (Phi) is 8.59. The summed E-state index contributed by atoms with van der Waals surface area (Å²) in [5.41, 5.74) is 3.93. The van der Waals surface area contributed by atoms with Crippen LogP contribution in [0.4, 0.5) is 0 Å². The van der Waals surface area contributed by atoms with Gasteiger partial charge in [-0.1, -0.05) is 42.4 Å². The Hall–Kier alpha value is -3.60. The first kappa shape index (κ1) is 24.7. The van der Waals surface area contributed by atoms with Crippen LogP contribution in [-0.4, -0.2) is 29.4 Å². The standard InChI is InChI=1S/C27H30O5/c1-17(2)7-6-8-24(29)22-13-14-26(32-5)23(27(22)31)12-9-18(3)19(4)20-10-11-21(16-28)25(30)15-20/h6-11,13-16,19,30-31H,12H2,1-5H3/b8-6+,18-9-. The van der Waals surface area contributed by atoms with Gasteiger partial charge in [-0.25, -0.2) is 0 Å². The lowest BCUT2D eigenvalue weighted by Gasteiger charge is -2.15. The number of phenolic OH excluding ortho intramolecular Hbond substituents is 2. The molecular weight excluding hydrogens is 404 g/mol. The third-order valence-corrected chi connectivity index (χ3v) is 5.39. The van der Waals surface area contributed by atoms with Crippen LogP contribution in [0.25, 0.3) is 0 Å². The van der Waals surface area contributed by atoms with Crippen molar-refractivity contribution < 1.29 is 24.5 Å². The molecule has 2 aromatic carbocycles. The largest absolute Gasteiger partial charge is 0.507 e. The third kappa shape index (κ3) is 5.97. The number of rotatable bonds is 9. The SMILES string of the molecule is COc1ccc(C(=O)/C=C/C=C(C)C)c(O)c1C/C=C(/C)C(C)c1ccc(C=O)c(O)c1. The average molecular weight is 435 g/mol. The maximum atomic E-state index is 12.5. The molecule has 1 unspecified atom stereocenters. The van der Waals surface area contributed by atoms with Crippen molar-refractivity contribution in [2.75, 3.05) is 7.11 Å². The summed E-state index contributed by atoms with van der Waals surface area (Å²) in [5, 5.41) is 20.8. The second-order valence-corrected chi connectivity index (χ2v) is 7.92. The average Bonchev–Trinajstić information content (AvgIpc) is 2.76. The minimum atomic E-state index is -0.288. The molecule has 0 saturated heterocycles. The van der Waals surface area contributed by atoms with Crippen molar-refractivity contribution in [3.63, 3.8) is 0 Å². The molecule has 0 aliphatic heterocycles. The van der Waals surface area contributed by atoms with E-state index >= 15 is 0 Å². The van der Waals surface area contributed by atoms with Crippen LogP contribution >= 0.6 is 0 Å². The molecule has 5 nitrogen and oxygen atoms in total. The monoisotopic (exact) mass is 434 g/mol. The van der Waals surface area contributed by atoms with E-state index in [2.05, 4.69) is 0 Å². The molecule has 0 heterocycles. The van der Waals surface area contributed by atoms with Gasteiger partial charge in [-0.3, -0.25) is 9.59 Å². The number of hydrogen-bond acceptors (Lipinski definition) is 5. The Bertz CT molecular complexity index is 1090. The number of methoxy groups -OCH3 is 1. The van der Waals surface area contributed by atoms with Crippen molar-refractivity contribution in [3.05, 3.63) is 88.0 Å². The number of hydrogen-bond donors (Lipinski definition) is 2. The third-order valence-electron chi connectivity index (χ3n) is 5.39. The molecule has 0 saturated carbocycles. The van der Waals surface area contributed by atoms with Crippen LogP contribution in [-0.2, 0) is 6.42 Å². The molecule has 0 aromatic heterocycles. The van der Waals surface area contributed by atoms with Gasteiger partial charge in [0, 0.05) is 11.5 Å². The van der Waals surface area contributed by atoms with Crippen molar-refractivity contribution >= 4 is 12.1 Å². The molecule has 0 spiro atoms. The van der Waals surface area contributed by atoms with E-state index in [4.69, 9.17) is 4.74 Å². The minimum Gasteiger partial charge on any atom is -0.507 e. The van der Waals surface area contributed by atoms with E-state index < -0.39 is 0 Å². The lowest BCUT2D eigenvalue weighted by atomic mass is 9.91. The number of aromatic hydroxyl groups is 2. The zero-order valence-corrected chi connectivity index (χ0v) is 19.2. The molecule has 2 N–H and O–H groups in total. The van der Waals surface area contributed by atoms with Crippen molar-refractivity contribution in [1.29, 1.82) is 0 Å². The topological polar surface area (TPSA) is 83.8 Å². The Labute approximate surface area is 189 Å². The summed E-state index contributed by atoms with van der Waals surface area (Å²) in [5.74, 6) is 0.0389. The van der Waals surface area contributed by atoms with Crippen molar-refractivity contribution in [3.8, 4) is 17.2 Å². The lowest BCUT2D eigenvalue weighted by molar-refractivity contribution is 0.104. The van der Waals surface area contributed by atoms with Gasteiger partial charge in [0.25, 0.3) is 0 Å².